The third kappa shape index (κ3) is 5.63. The molecule has 2 rings (SSSR count). The maximum atomic E-state index is 6.85. The molecule has 0 spiro atoms. The molecule has 26 heavy (non-hydrogen) atoms. The van der Waals surface area contributed by atoms with E-state index < -0.39 is 8.32 Å². The molecular weight excluding hydrogens is 409 g/mol. The molecule has 2 aromatic carbocycles. The fourth-order valence-electron chi connectivity index (χ4n) is 3.35. The van der Waals surface area contributed by atoms with Gasteiger partial charge in [-0.15, -0.1) is 0 Å². The Morgan fingerprint density at radius 3 is 1.77 bits per heavy atom. The van der Waals surface area contributed by atoms with Crippen molar-refractivity contribution >= 4 is 28.4 Å². The van der Waals surface area contributed by atoms with Gasteiger partial charge in [-0.2, -0.15) is 6.92 Å². The van der Waals surface area contributed by atoms with E-state index in [1.807, 2.05) is 6.92 Å². The van der Waals surface area contributed by atoms with Crippen LogP contribution in [0.2, 0.25) is 5.04 Å². The number of halogens is 1. The van der Waals surface area contributed by atoms with E-state index in [1.54, 1.807) is 0 Å². The zero-order valence-electron chi connectivity index (χ0n) is 16.6. The van der Waals surface area contributed by atoms with E-state index in [0.717, 1.165) is 17.3 Å². The normalized spacial score (nSPS) is 13.2. The monoisotopic (exact) mass is 436 g/mol. The summed E-state index contributed by atoms with van der Waals surface area (Å²) in [6.07, 6.45) is 5.23. The van der Waals surface area contributed by atoms with E-state index >= 15 is 0 Å². The fourth-order valence-corrected chi connectivity index (χ4v) is 8.02. The van der Waals surface area contributed by atoms with Gasteiger partial charge in [-0.05, 0) is 21.3 Å². The first-order valence-electron chi connectivity index (χ1n) is 8.94. The summed E-state index contributed by atoms with van der Waals surface area (Å²) in [5.41, 5.74) is 0. The van der Waals surface area contributed by atoms with Gasteiger partial charge < -0.3 is 10.5 Å². The van der Waals surface area contributed by atoms with Crippen molar-refractivity contribution in [2.24, 2.45) is 5.92 Å². The summed E-state index contributed by atoms with van der Waals surface area (Å²) in [6.45, 7) is 11.8. The van der Waals surface area contributed by atoms with Crippen LogP contribution in [0, 0.1) is 12.0 Å². The Hall–Kier alpha value is -0.730. The summed E-state index contributed by atoms with van der Waals surface area (Å²) in [7, 11) is 2.37. The molecule has 0 N–H and O–H groups in total. The Bertz CT molecular complexity index is 613. The Morgan fingerprint density at radius 1 is 1.00 bits per heavy atom. The van der Waals surface area contributed by atoms with Gasteiger partial charge in [0.05, 0.1) is 0 Å². The Kier molecular flexibility index (Phi) is 10.0. The van der Waals surface area contributed by atoms with Crippen molar-refractivity contribution in [2.45, 2.75) is 39.7 Å². The summed E-state index contributed by atoms with van der Waals surface area (Å²) in [5.74, 6) is 0.358. The van der Waals surface area contributed by atoms with Crippen molar-refractivity contribution in [1.29, 1.82) is 0 Å². The van der Waals surface area contributed by atoms with Crippen LogP contribution in [0.4, 0.5) is 0 Å². The summed E-state index contributed by atoms with van der Waals surface area (Å²) in [5, 5.41) is 2.70. The number of hydrogen-bond acceptors (Lipinski definition) is 1. The zero-order chi connectivity index (χ0) is 19.6. The molecule has 0 aromatic heterocycles. The second kappa shape index (κ2) is 11.2. The minimum atomic E-state index is -2.39. The van der Waals surface area contributed by atoms with Crippen LogP contribution >= 0.6 is 9.69 Å². The Balaban J connectivity index is 0.00000163. The number of hydrogen-bond donors (Lipinski definition) is 0. The van der Waals surface area contributed by atoms with Crippen LogP contribution in [0.25, 0.3) is 0 Å². The van der Waals surface area contributed by atoms with Gasteiger partial charge in [-0.25, -0.2) is 0 Å². The third-order valence-corrected chi connectivity index (χ3v) is 9.44. The predicted octanol–water partition coefficient (Wildman–Crippen LogP) is 5.27. The summed E-state index contributed by atoms with van der Waals surface area (Å²) in [4.78, 5) is 0. The zero-order valence-corrected chi connectivity index (χ0v) is 21.4. The molecule has 0 aliphatic rings. The van der Waals surface area contributed by atoms with Crippen LogP contribution in [0.1, 0.15) is 34.6 Å². The molecule has 0 fully saturated rings. The first-order valence-corrected chi connectivity index (χ1v) is 14.7. The molecule has 0 aliphatic heterocycles. The van der Waals surface area contributed by atoms with Crippen LogP contribution in [-0.4, -0.2) is 14.9 Å². The fraction of sp³-hybridized carbons (Fsp3) is 0.364. The third-order valence-electron chi connectivity index (χ3n) is 4.43. The molecule has 1 nitrogen and oxygen atoms in total. The molecule has 0 saturated carbocycles. The first kappa shape index (κ1) is 23.3. The topological polar surface area (TPSA) is 9.23 Å². The van der Waals surface area contributed by atoms with Crippen LogP contribution < -0.4 is 10.4 Å². The van der Waals surface area contributed by atoms with Gasteiger partial charge in [0.1, 0.15) is 0 Å². The molecular formula is C22H29ClOSiZn. The average molecular weight is 438 g/mol. The molecule has 0 saturated heterocycles. The van der Waals surface area contributed by atoms with E-state index in [2.05, 4.69) is 101 Å². The molecule has 136 valence electrons. The second-order valence-corrected chi connectivity index (χ2v) is 11.7. The summed E-state index contributed by atoms with van der Waals surface area (Å²) < 4.78 is 6.85. The van der Waals surface area contributed by atoms with Gasteiger partial charge in [0.15, 0.2) is 0 Å². The summed E-state index contributed by atoms with van der Waals surface area (Å²) in [6, 6.07) is 21.6. The molecule has 2 aromatic rings. The molecule has 4 heteroatoms. The molecule has 0 radical (unpaired) electrons. The van der Waals surface area contributed by atoms with Crippen molar-refractivity contribution in [2.75, 3.05) is 6.61 Å². The molecule has 0 amide bonds. The van der Waals surface area contributed by atoms with E-state index in [0.29, 0.717) is 12.5 Å². The predicted molar refractivity (Wildman–Crippen MR) is 112 cm³/mol. The van der Waals surface area contributed by atoms with Crippen molar-refractivity contribution in [3.8, 4) is 0 Å². The van der Waals surface area contributed by atoms with Gasteiger partial charge in [0, 0.05) is 6.61 Å². The van der Waals surface area contributed by atoms with Gasteiger partial charge in [0.25, 0.3) is 8.32 Å². The van der Waals surface area contributed by atoms with E-state index in [4.69, 9.17) is 14.1 Å². The van der Waals surface area contributed by atoms with E-state index in [1.165, 1.54) is 10.4 Å². The number of rotatable bonds is 6. The Morgan fingerprint density at radius 2 is 1.42 bits per heavy atom. The maximum absolute atomic E-state index is 6.85. The van der Waals surface area contributed by atoms with Crippen molar-refractivity contribution < 1.29 is 21.7 Å². The van der Waals surface area contributed by atoms with Crippen LogP contribution in [-0.2, 0) is 21.7 Å². The van der Waals surface area contributed by atoms with E-state index in [9.17, 15) is 0 Å². The molecule has 0 unspecified atom stereocenters. The quantitative estimate of drug-likeness (QED) is 0.441. The Labute approximate surface area is 174 Å². The van der Waals surface area contributed by atoms with Crippen molar-refractivity contribution in [3.05, 3.63) is 72.8 Å². The number of allylic oxidation sites excluding steroid dienone is 1. The van der Waals surface area contributed by atoms with Gasteiger partial charge in [0.2, 0.25) is 0 Å². The number of benzene rings is 2. The second-order valence-electron chi connectivity index (χ2n) is 7.41. The van der Waals surface area contributed by atoms with Crippen molar-refractivity contribution in [1.82, 2.24) is 0 Å². The molecule has 0 heterocycles. The van der Waals surface area contributed by atoms with Gasteiger partial charge in [-0.1, -0.05) is 88.4 Å². The van der Waals surface area contributed by atoms with Crippen LogP contribution in [0.5, 0.6) is 0 Å². The summed E-state index contributed by atoms with van der Waals surface area (Å²) >= 11 is 0.847. The van der Waals surface area contributed by atoms with Crippen molar-refractivity contribution in [3.63, 3.8) is 0 Å². The molecule has 0 aliphatic carbocycles. The molecule has 1 atom stereocenters. The van der Waals surface area contributed by atoms with Gasteiger partial charge in [-0.3, -0.25) is 6.08 Å². The average Bonchev–Trinajstić information content (AvgIpc) is 2.65. The van der Waals surface area contributed by atoms with Crippen LogP contribution in [0.3, 0.4) is 0 Å². The molecule has 0 bridgehead atoms. The first-order chi connectivity index (χ1) is 12.4. The van der Waals surface area contributed by atoms with Gasteiger partial charge >= 0.3 is 27.0 Å². The minimum absolute atomic E-state index is 0.0368. The van der Waals surface area contributed by atoms with E-state index in [-0.39, 0.29) is 5.04 Å². The SMILES string of the molecule is C[C-]=C[C@@H](C)CO[Si](c1ccccc1)(c1ccccc1)C(C)(C)C.[Cl][Zn+]. The van der Waals surface area contributed by atoms with Crippen LogP contribution in [0.15, 0.2) is 66.7 Å². The standard InChI is InChI=1S/C22H29OSi.ClH.Zn/c1-6-13-19(2)18-23-24(22(3,4)5,20-14-9-7-10-15-20)21-16-11-8-12-17-21;;/h7-17,19H,18H2,1-5H3;1H;/q-1;;+2/p-1/t19-;;/m1../s1.